The van der Waals surface area contributed by atoms with E-state index < -0.39 is 0 Å². The first-order chi connectivity index (χ1) is 14.6. The second-order valence-electron chi connectivity index (χ2n) is 7.53. The van der Waals surface area contributed by atoms with Gasteiger partial charge in [-0.3, -0.25) is 9.78 Å². The van der Waals surface area contributed by atoms with E-state index in [9.17, 15) is 4.79 Å². The maximum atomic E-state index is 12.8. The van der Waals surface area contributed by atoms with E-state index in [4.69, 9.17) is 0 Å². The molecular formula is C26H24N2OS. The highest BCUT2D eigenvalue weighted by Gasteiger charge is 2.17. The summed E-state index contributed by atoms with van der Waals surface area (Å²) in [6.07, 6.45) is 5.19. The van der Waals surface area contributed by atoms with Gasteiger partial charge in [0.15, 0.2) is 0 Å². The number of amides is 1. The normalized spacial score (nSPS) is 12.5. The van der Waals surface area contributed by atoms with E-state index >= 15 is 0 Å². The molecule has 4 aromatic rings. The van der Waals surface area contributed by atoms with E-state index in [1.54, 1.807) is 23.6 Å². The SMILES string of the molecule is CC(C)c1ccc(C(NC(=O)/C=C/c2cccc3cccnc23)c2cccs2)cc1. The van der Waals surface area contributed by atoms with Crippen molar-refractivity contribution in [1.29, 1.82) is 0 Å². The molecule has 150 valence electrons. The van der Waals surface area contributed by atoms with Crippen molar-refractivity contribution >= 4 is 34.2 Å². The summed E-state index contributed by atoms with van der Waals surface area (Å²) in [5.41, 5.74) is 4.19. The molecular weight excluding hydrogens is 388 g/mol. The van der Waals surface area contributed by atoms with Crippen LogP contribution in [0.5, 0.6) is 0 Å². The van der Waals surface area contributed by atoms with Gasteiger partial charge < -0.3 is 5.32 Å². The number of benzene rings is 2. The van der Waals surface area contributed by atoms with Crippen molar-refractivity contribution in [2.24, 2.45) is 0 Å². The van der Waals surface area contributed by atoms with Crippen molar-refractivity contribution in [1.82, 2.24) is 10.3 Å². The minimum Gasteiger partial charge on any atom is -0.341 e. The maximum Gasteiger partial charge on any atom is 0.244 e. The number of aromatic nitrogens is 1. The lowest BCUT2D eigenvalue weighted by molar-refractivity contribution is -0.116. The van der Waals surface area contributed by atoms with Crippen LogP contribution in [0.25, 0.3) is 17.0 Å². The first-order valence-electron chi connectivity index (χ1n) is 10.1. The highest BCUT2D eigenvalue weighted by atomic mass is 32.1. The van der Waals surface area contributed by atoms with Gasteiger partial charge in [0.25, 0.3) is 0 Å². The van der Waals surface area contributed by atoms with Gasteiger partial charge in [0.2, 0.25) is 5.91 Å². The Morgan fingerprint density at radius 1 is 0.967 bits per heavy atom. The average Bonchev–Trinajstić information content (AvgIpc) is 3.30. The third-order valence-electron chi connectivity index (χ3n) is 5.13. The van der Waals surface area contributed by atoms with Crippen molar-refractivity contribution in [3.05, 3.63) is 106 Å². The fourth-order valence-electron chi connectivity index (χ4n) is 3.47. The average molecular weight is 413 g/mol. The molecule has 0 bridgehead atoms. The number of rotatable bonds is 6. The number of nitrogens with one attached hydrogen (secondary N) is 1. The van der Waals surface area contributed by atoms with Crippen LogP contribution < -0.4 is 5.32 Å². The fraction of sp³-hybridized carbons (Fsp3) is 0.154. The number of para-hydroxylation sites is 1. The lowest BCUT2D eigenvalue weighted by atomic mass is 9.98. The number of hydrogen-bond donors (Lipinski definition) is 1. The second-order valence-corrected chi connectivity index (χ2v) is 8.51. The molecule has 1 unspecified atom stereocenters. The lowest BCUT2D eigenvalue weighted by Crippen LogP contribution is -2.27. The van der Waals surface area contributed by atoms with Crippen molar-refractivity contribution in [2.45, 2.75) is 25.8 Å². The largest absolute Gasteiger partial charge is 0.341 e. The topological polar surface area (TPSA) is 42.0 Å². The molecule has 4 heteroatoms. The molecule has 4 rings (SSSR count). The molecule has 1 N–H and O–H groups in total. The summed E-state index contributed by atoms with van der Waals surface area (Å²) in [4.78, 5) is 18.4. The molecule has 0 aliphatic carbocycles. The van der Waals surface area contributed by atoms with Crippen molar-refractivity contribution in [2.75, 3.05) is 0 Å². The molecule has 0 saturated heterocycles. The van der Waals surface area contributed by atoms with E-state index in [0.717, 1.165) is 26.9 Å². The number of thiophene rings is 1. The number of carbonyl (C=O) groups excluding carboxylic acids is 1. The maximum absolute atomic E-state index is 12.8. The van der Waals surface area contributed by atoms with E-state index in [0.29, 0.717) is 5.92 Å². The van der Waals surface area contributed by atoms with Gasteiger partial charge in [-0.05, 0) is 40.6 Å². The van der Waals surface area contributed by atoms with Crippen molar-refractivity contribution in [3.8, 4) is 0 Å². The Morgan fingerprint density at radius 2 is 1.73 bits per heavy atom. The van der Waals surface area contributed by atoms with Crippen LogP contribution >= 0.6 is 11.3 Å². The monoisotopic (exact) mass is 412 g/mol. The Labute approximate surface area is 181 Å². The third kappa shape index (κ3) is 4.50. The minimum atomic E-state index is -0.172. The Balaban J connectivity index is 1.57. The minimum absolute atomic E-state index is 0.130. The number of pyridine rings is 1. The molecule has 30 heavy (non-hydrogen) atoms. The van der Waals surface area contributed by atoms with Crippen LogP contribution in [0, 0.1) is 0 Å². The molecule has 2 aromatic heterocycles. The molecule has 2 aromatic carbocycles. The number of nitrogens with zero attached hydrogens (tertiary/aromatic N) is 1. The molecule has 0 aliphatic rings. The summed E-state index contributed by atoms with van der Waals surface area (Å²) >= 11 is 1.65. The summed E-state index contributed by atoms with van der Waals surface area (Å²) in [6.45, 7) is 4.36. The first-order valence-corrected chi connectivity index (χ1v) is 11.0. The van der Waals surface area contributed by atoms with E-state index in [2.05, 4.69) is 54.5 Å². The highest BCUT2D eigenvalue weighted by molar-refractivity contribution is 7.10. The highest BCUT2D eigenvalue weighted by Crippen LogP contribution is 2.27. The summed E-state index contributed by atoms with van der Waals surface area (Å²) in [6, 6.07) is 22.3. The summed E-state index contributed by atoms with van der Waals surface area (Å²) in [5.74, 6) is 0.348. The van der Waals surface area contributed by atoms with Gasteiger partial charge in [-0.15, -0.1) is 11.3 Å². The zero-order valence-electron chi connectivity index (χ0n) is 17.1. The summed E-state index contributed by atoms with van der Waals surface area (Å²) in [7, 11) is 0. The number of carbonyl (C=O) groups is 1. The van der Waals surface area contributed by atoms with Gasteiger partial charge >= 0.3 is 0 Å². The van der Waals surface area contributed by atoms with Crippen LogP contribution in [0.2, 0.25) is 0 Å². The molecule has 1 amide bonds. The van der Waals surface area contributed by atoms with Crippen LogP contribution in [-0.4, -0.2) is 10.9 Å². The van der Waals surface area contributed by atoms with E-state index in [-0.39, 0.29) is 11.9 Å². The first kappa shape index (κ1) is 20.0. The Kier molecular flexibility index (Phi) is 6.05. The quantitative estimate of drug-likeness (QED) is 0.376. The van der Waals surface area contributed by atoms with Gasteiger partial charge in [0.1, 0.15) is 0 Å². The summed E-state index contributed by atoms with van der Waals surface area (Å²) in [5, 5.41) is 6.26. The molecule has 0 spiro atoms. The van der Waals surface area contributed by atoms with Crippen molar-refractivity contribution < 1.29 is 4.79 Å². The molecule has 0 fully saturated rings. The van der Waals surface area contributed by atoms with Crippen LogP contribution in [0.15, 0.2) is 84.4 Å². The third-order valence-corrected chi connectivity index (χ3v) is 6.07. The zero-order valence-corrected chi connectivity index (χ0v) is 17.9. The zero-order chi connectivity index (χ0) is 20.9. The lowest BCUT2D eigenvalue weighted by Gasteiger charge is -2.18. The smallest absolute Gasteiger partial charge is 0.244 e. The second kappa shape index (κ2) is 9.06. The van der Waals surface area contributed by atoms with Crippen molar-refractivity contribution in [3.63, 3.8) is 0 Å². The van der Waals surface area contributed by atoms with E-state index in [1.165, 1.54) is 5.56 Å². The van der Waals surface area contributed by atoms with Gasteiger partial charge in [-0.2, -0.15) is 0 Å². The molecule has 0 saturated carbocycles. The van der Waals surface area contributed by atoms with Crippen LogP contribution in [0.3, 0.4) is 0 Å². The standard InChI is InChI=1S/C26H24N2OS/c1-18(2)19-10-12-22(13-11-19)26(23-9-5-17-30-23)28-24(29)15-14-21-7-3-6-20-8-4-16-27-25(20)21/h3-18,26H,1-2H3,(H,28,29)/b15-14+. The predicted octanol–water partition coefficient (Wildman–Crippen LogP) is 6.34. The molecule has 0 radical (unpaired) electrons. The van der Waals surface area contributed by atoms with E-state index in [1.807, 2.05) is 47.9 Å². The Morgan fingerprint density at radius 3 is 2.47 bits per heavy atom. The fourth-order valence-corrected chi connectivity index (χ4v) is 4.27. The Bertz CT molecular complexity index is 1160. The summed E-state index contributed by atoms with van der Waals surface area (Å²) < 4.78 is 0. The Hall–Kier alpha value is -3.24. The van der Waals surface area contributed by atoms with Gasteiger partial charge in [0.05, 0.1) is 11.6 Å². The van der Waals surface area contributed by atoms with Gasteiger partial charge in [-0.1, -0.05) is 68.4 Å². The number of fused-ring (bicyclic) bond motifs is 1. The van der Waals surface area contributed by atoms with Gasteiger partial charge in [0, 0.05) is 28.1 Å². The number of hydrogen-bond acceptors (Lipinski definition) is 3. The van der Waals surface area contributed by atoms with Crippen LogP contribution in [0.4, 0.5) is 0 Å². The molecule has 2 heterocycles. The predicted molar refractivity (Wildman–Crippen MR) is 126 cm³/mol. The molecule has 1 atom stereocenters. The van der Waals surface area contributed by atoms with Crippen LogP contribution in [-0.2, 0) is 4.79 Å². The van der Waals surface area contributed by atoms with Crippen LogP contribution in [0.1, 0.15) is 47.4 Å². The molecule has 0 aliphatic heterocycles. The molecule has 3 nitrogen and oxygen atoms in total. The van der Waals surface area contributed by atoms with Gasteiger partial charge in [-0.25, -0.2) is 0 Å².